The van der Waals surface area contributed by atoms with Crippen LogP contribution in [-0.2, 0) is 0 Å². The Morgan fingerprint density at radius 1 is 1.47 bits per heavy atom. The molecule has 0 aromatic heterocycles. The van der Waals surface area contributed by atoms with Gasteiger partial charge < -0.3 is 15.3 Å². The van der Waals surface area contributed by atoms with Crippen molar-refractivity contribution in [2.75, 3.05) is 26.2 Å². The van der Waals surface area contributed by atoms with Crippen molar-refractivity contribution in [3.8, 4) is 5.75 Å². The first kappa shape index (κ1) is 13.9. The molecule has 0 aliphatic carbocycles. The highest BCUT2D eigenvalue weighted by Crippen LogP contribution is 2.33. The fourth-order valence-electron chi connectivity index (χ4n) is 1.89. The summed E-state index contributed by atoms with van der Waals surface area (Å²) in [6, 6.07) is 3.03. The van der Waals surface area contributed by atoms with E-state index in [1.54, 1.807) is 4.90 Å². The monoisotopic (exact) mass is 373 g/mol. The number of aromatic hydroxyl groups is 1. The Morgan fingerprint density at radius 2 is 2.16 bits per heavy atom. The molecule has 7 nitrogen and oxygen atoms in total. The Hall–Kier alpha value is -1.51. The van der Waals surface area contributed by atoms with Crippen LogP contribution in [0.3, 0.4) is 0 Å². The van der Waals surface area contributed by atoms with Gasteiger partial charge in [0.2, 0.25) is 0 Å². The van der Waals surface area contributed by atoms with Crippen LogP contribution in [0, 0.1) is 3.57 Å². The molecule has 1 amide bonds. The highest BCUT2D eigenvalue weighted by Gasteiger charge is 2.22. The van der Waals surface area contributed by atoms with Crippen molar-refractivity contribution in [2.24, 2.45) is 5.11 Å². The average molecular weight is 373 g/mol. The van der Waals surface area contributed by atoms with E-state index in [0.717, 1.165) is 13.1 Å². The molecule has 1 aromatic carbocycles. The van der Waals surface area contributed by atoms with Crippen molar-refractivity contribution >= 4 is 34.2 Å². The number of nitrogens with zero attached hydrogens (tertiary/aromatic N) is 4. The summed E-state index contributed by atoms with van der Waals surface area (Å²) in [4.78, 5) is 16.6. The largest absolute Gasteiger partial charge is 0.506 e. The third-order valence-electron chi connectivity index (χ3n) is 2.88. The van der Waals surface area contributed by atoms with Crippen LogP contribution in [-0.4, -0.2) is 42.1 Å². The van der Waals surface area contributed by atoms with E-state index < -0.39 is 0 Å². The van der Waals surface area contributed by atoms with E-state index in [9.17, 15) is 9.90 Å². The Balaban J connectivity index is 2.32. The smallest absolute Gasteiger partial charge is 0.257 e. The van der Waals surface area contributed by atoms with Crippen LogP contribution in [0.15, 0.2) is 17.2 Å². The highest BCUT2D eigenvalue weighted by atomic mass is 127. The topological polar surface area (TPSA) is 101 Å². The maximum Gasteiger partial charge on any atom is 0.257 e. The molecule has 100 valence electrons. The molecule has 1 aliphatic rings. The van der Waals surface area contributed by atoms with Crippen molar-refractivity contribution < 1.29 is 9.90 Å². The third-order valence-corrected chi connectivity index (χ3v) is 3.95. The minimum Gasteiger partial charge on any atom is -0.506 e. The minimum absolute atomic E-state index is 0.131. The molecule has 2 N–H and O–H groups in total. The van der Waals surface area contributed by atoms with Crippen molar-refractivity contribution in [3.05, 3.63) is 31.7 Å². The molecule has 2 rings (SSSR count). The zero-order chi connectivity index (χ0) is 13.8. The number of azide groups is 1. The molecule has 0 atom stereocenters. The summed E-state index contributed by atoms with van der Waals surface area (Å²) in [6.07, 6.45) is 0. The molecule has 0 spiro atoms. The van der Waals surface area contributed by atoms with Crippen molar-refractivity contribution in [1.82, 2.24) is 10.2 Å². The summed E-state index contributed by atoms with van der Waals surface area (Å²) in [5.41, 5.74) is 8.96. The van der Waals surface area contributed by atoms with Gasteiger partial charge in [-0.1, -0.05) is 11.2 Å². The number of rotatable bonds is 2. The van der Waals surface area contributed by atoms with Crippen LogP contribution in [0.2, 0.25) is 0 Å². The van der Waals surface area contributed by atoms with Gasteiger partial charge in [0, 0.05) is 31.1 Å². The normalized spacial score (nSPS) is 14.9. The molecule has 0 radical (unpaired) electrons. The molecule has 1 aliphatic heterocycles. The van der Waals surface area contributed by atoms with Gasteiger partial charge in [0.1, 0.15) is 5.75 Å². The van der Waals surface area contributed by atoms with Crippen LogP contribution >= 0.6 is 22.6 Å². The fourth-order valence-corrected chi connectivity index (χ4v) is 2.47. The van der Waals surface area contributed by atoms with Gasteiger partial charge in [0.05, 0.1) is 14.8 Å². The summed E-state index contributed by atoms with van der Waals surface area (Å²) in [7, 11) is 0. The second kappa shape index (κ2) is 6.09. The van der Waals surface area contributed by atoms with Crippen LogP contribution < -0.4 is 5.32 Å². The van der Waals surface area contributed by atoms with Gasteiger partial charge in [-0.25, -0.2) is 0 Å². The average Bonchev–Trinajstić information content (AvgIpc) is 2.45. The molecule has 0 bridgehead atoms. The molecule has 0 unspecified atom stereocenters. The standard InChI is InChI=1S/C11H12IN5O2/c12-9-8(15-16-13)2-1-7(10(9)18)11(19)17-5-3-14-4-6-17/h1-2,14,18H,3-6H2. The first-order valence-electron chi connectivity index (χ1n) is 5.71. The van der Waals surface area contributed by atoms with Gasteiger partial charge in [0.25, 0.3) is 5.91 Å². The number of carbonyl (C=O) groups excluding carboxylic acids is 1. The lowest BCUT2D eigenvalue weighted by atomic mass is 10.1. The van der Waals surface area contributed by atoms with Gasteiger partial charge in [-0.3, -0.25) is 4.79 Å². The Labute approximate surface area is 123 Å². The van der Waals surface area contributed by atoms with Crippen molar-refractivity contribution in [1.29, 1.82) is 0 Å². The number of benzene rings is 1. The summed E-state index contributed by atoms with van der Waals surface area (Å²) in [5.74, 6) is -0.335. The molecule has 8 heteroatoms. The quantitative estimate of drug-likeness (QED) is 0.359. The molecular weight excluding hydrogens is 361 g/mol. The van der Waals surface area contributed by atoms with E-state index in [1.165, 1.54) is 12.1 Å². The second-order valence-electron chi connectivity index (χ2n) is 4.03. The Bertz CT molecular complexity index is 550. The summed E-state index contributed by atoms with van der Waals surface area (Å²) in [6.45, 7) is 2.74. The van der Waals surface area contributed by atoms with Crippen molar-refractivity contribution in [3.63, 3.8) is 0 Å². The number of hydrogen-bond acceptors (Lipinski definition) is 4. The number of nitrogens with one attached hydrogen (secondary N) is 1. The van der Waals surface area contributed by atoms with E-state index in [-0.39, 0.29) is 17.2 Å². The van der Waals surface area contributed by atoms with Crippen LogP contribution in [0.1, 0.15) is 10.4 Å². The molecule has 1 aromatic rings. The molecule has 1 saturated heterocycles. The highest BCUT2D eigenvalue weighted by molar-refractivity contribution is 14.1. The number of phenols is 1. The van der Waals surface area contributed by atoms with E-state index in [4.69, 9.17) is 5.53 Å². The summed E-state index contributed by atoms with van der Waals surface area (Å²) < 4.78 is 0.386. The molecule has 0 saturated carbocycles. The number of piperazine rings is 1. The zero-order valence-corrected chi connectivity index (χ0v) is 12.2. The Morgan fingerprint density at radius 3 is 2.79 bits per heavy atom. The predicted octanol–water partition coefficient (Wildman–Crippen LogP) is 1.98. The van der Waals surface area contributed by atoms with E-state index in [1.807, 2.05) is 22.6 Å². The first-order chi connectivity index (χ1) is 9.15. The lowest BCUT2D eigenvalue weighted by Crippen LogP contribution is -2.46. The van der Waals surface area contributed by atoms with Gasteiger partial charge >= 0.3 is 0 Å². The van der Waals surface area contributed by atoms with Gasteiger partial charge in [-0.15, -0.1) is 0 Å². The van der Waals surface area contributed by atoms with Gasteiger partial charge in [-0.2, -0.15) is 0 Å². The van der Waals surface area contributed by atoms with E-state index >= 15 is 0 Å². The minimum atomic E-state index is -0.204. The molecular formula is C11H12IN5O2. The second-order valence-corrected chi connectivity index (χ2v) is 5.11. The SMILES string of the molecule is [N-]=[N+]=Nc1ccc(C(=O)N2CCNCC2)c(O)c1I. The summed E-state index contributed by atoms with van der Waals surface area (Å²) >= 11 is 1.86. The maximum atomic E-state index is 12.3. The van der Waals surface area contributed by atoms with Gasteiger partial charge in [0.15, 0.2) is 0 Å². The van der Waals surface area contributed by atoms with Gasteiger partial charge in [-0.05, 0) is 34.2 Å². The Kier molecular flexibility index (Phi) is 4.46. The first-order valence-corrected chi connectivity index (χ1v) is 6.79. The lowest BCUT2D eigenvalue weighted by molar-refractivity contribution is 0.0732. The van der Waals surface area contributed by atoms with Crippen LogP contribution in [0.25, 0.3) is 10.4 Å². The van der Waals surface area contributed by atoms with E-state index in [0.29, 0.717) is 22.3 Å². The fraction of sp³-hybridized carbons (Fsp3) is 0.364. The zero-order valence-electron chi connectivity index (χ0n) is 10.0. The number of amides is 1. The number of phenolic OH excluding ortho intramolecular Hbond substituents is 1. The van der Waals surface area contributed by atoms with Crippen LogP contribution in [0.5, 0.6) is 5.75 Å². The number of hydrogen-bond donors (Lipinski definition) is 2. The van der Waals surface area contributed by atoms with E-state index in [2.05, 4.69) is 15.3 Å². The number of halogens is 1. The molecule has 1 heterocycles. The van der Waals surface area contributed by atoms with Crippen LogP contribution in [0.4, 0.5) is 5.69 Å². The van der Waals surface area contributed by atoms with Crippen molar-refractivity contribution in [2.45, 2.75) is 0 Å². The predicted molar refractivity (Wildman–Crippen MR) is 78.4 cm³/mol. The summed E-state index contributed by atoms with van der Waals surface area (Å²) in [5, 5.41) is 16.7. The molecule has 19 heavy (non-hydrogen) atoms. The third kappa shape index (κ3) is 2.91. The molecule has 1 fully saturated rings. The maximum absolute atomic E-state index is 12.3. The lowest BCUT2D eigenvalue weighted by Gasteiger charge is -2.27. The number of carbonyl (C=O) groups is 1.